The molecule has 0 amide bonds. The van der Waals surface area contributed by atoms with Crippen LogP contribution < -0.4 is 10.1 Å². The van der Waals surface area contributed by atoms with E-state index >= 15 is 0 Å². The van der Waals surface area contributed by atoms with E-state index in [1.807, 2.05) is 6.92 Å². The van der Waals surface area contributed by atoms with Crippen LogP contribution in [-0.4, -0.2) is 18.1 Å². The maximum Gasteiger partial charge on any atom is 0.333 e. The highest BCUT2D eigenvalue weighted by Gasteiger charge is 2.20. The predicted molar refractivity (Wildman–Crippen MR) is 67.6 cm³/mol. The summed E-state index contributed by atoms with van der Waals surface area (Å²) >= 11 is 0. The van der Waals surface area contributed by atoms with E-state index in [0.717, 1.165) is 0 Å². The first kappa shape index (κ1) is 13.0. The van der Waals surface area contributed by atoms with Crippen molar-refractivity contribution in [2.75, 3.05) is 18.5 Å². The first-order valence-corrected chi connectivity index (χ1v) is 5.45. The Morgan fingerprint density at radius 2 is 2.35 bits per heavy atom. The second kappa shape index (κ2) is 6.52. The molecule has 0 saturated carbocycles. The Kier molecular flexibility index (Phi) is 5.00. The maximum absolute atomic E-state index is 11.0. The van der Waals surface area contributed by atoms with Crippen LogP contribution in [0.3, 0.4) is 0 Å². The number of nitro groups is 1. The lowest BCUT2D eigenvalue weighted by Gasteiger charge is -2.09. The summed E-state index contributed by atoms with van der Waals surface area (Å²) in [5, 5.41) is 14.0. The zero-order valence-electron chi connectivity index (χ0n) is 9.81. The first-order valence-electron chi connectivity index (χ1n) is 5.45. The van der Waals surface area contributed by atoms with Gasteiger partial charge in [-0.15, -0.1) is 6.58 Å². The summed E-state index contributed by atoms with van der Waals surface area (Å²) < 4.78 is 5.37. The zero-order valence-corrected chi connectivity index (χ0v) is 9.81. The van der Waals surface area contributed by atoms with Crippen LogP contribution in [0.1, 0.15) is 13.3 Å². The highest BCUT2D eigenvalue weighted by molar-refractivity contribution is 5.68. The van der Waals surface area contributed by atoms with Gasteiger partial charge in [0.25, 0.3) is 0 Å². The average molecular weight is 236 g/mol. The molecule has 1 N–H and O–H groups in total. The van der Waals surface area contributed by atoms with Crippen LogP contribution in [-0.2, 0) is 0 Å². The number of nitrogens with zero attached hydrogens (tertiary/aromatic N) is 1. The van der Waals surface area contributed by atoms with Crippen molar-refractivity contribution in [3.05, 3.63) is 41.0 Å². The largest absolute Gasteiger partial charge is 0.486 e. The van der Waals surface area contributed by atoms with Crippen molar-refractivity contribution in [2.45, 2.75) is 13.3 Å². The highest BCUT2D eigenvalue weighted by Crippen LogP contribution is 2.34. The average Bonchev–Trinajstić information content (AvgIpc) is 2.29. The topological polar surface area (TPSA) is 64.4 Å². The van der Waals surface area contributed by atoms with Crippen molar-refractivity contribution in [2.24, 2.45) is 0 Å². The van der Waals surface area contributed by atoms with Gasteiger partial charge in [-0.25, -0.2) is 0 Å². The number of para-hydroxylation sites is 1. The molecule has 0 aliphatic carbocycles. The van der Waals surface area contributed by atoms with Gasteiger partial charge >= 0.3 is 5.69 Å². The SMILES string of the molecule is C=CCCOc1cccc(NCC)c1[N+](=O)[O-]. The molecule has 1 aromatic carbocycles. The van der Waals surface area contributed by atoms with Crippen LogP contribution in [0.4, 0.5) is 11.4 Å². The summed E-state index contributed by atoms with van der Waals surface area (Å²) in [4.78, 5) is 10.6. The van der Waals surface area contributed by atoms with Gasteiger partial charge in [0.05, 0.1) is 11.5 Å². The minimum atomic E-state index is -0.429. The van der Waals surface area contributed by atoms with E-state index < -0.39 is 4.92 Å². The maximum atomic E-state index is 11.0. The molecule has 1 rings (SSSR count). The van der Waals surface area contributed by atoms with E-state index in [1.165, 1.54) is 0 Å². The third-order valence-corrected chi connectivity index (χ3v) is 2.13. The van der Waals surface area contributed by atoms with Crippen LogP contribution in [0.2, 0.25) is 0 Å². The molecule has 0 aliphatic rings. The Hall–Kier alpha value is -2.04. The van der Waals surface area contributed by atoms with E-state index in [0.29, 0.717) is 25.3 Å². The summed E-state index contributed by atoms with van der Waals surface area (Å²) in [5.74, 6) is 0.287. The van der Waals surface area contributed by atoms with Gasteiger partial charge in [-0.2, -0.15) is 0 Å². The van der Waals surface area contributed by atoms with Crippen LogP contribution in [0.5, 0.6) is 5.75 Å². The van der Waals surface area contributed by atoms with E-state index in [1.54, 1.807) is 24.3 Å². The Labute approximate surface area is 100 Å². The summed E-state index contributed by atoms with van der Waals surface area (Å²) in [6.45, 7) is 6.46. The van der Waals surface area contributed by atoms with Gasteiger partial charge in [0, 0.05) is 6.54 Å². The summed E-state index contributed by atoms with van der Waals surface area (Å²) in [6.07, 6.45) is 2.36. The van der Waals surface area contributed by atoms with Gasteiger partial charge in [0.1, 0.15) is 5.69 Å². The molecular weight excluding hydrogens is 220 g/mol. The van der Waals surface area contributed by atoms with Gasteiger partial charge < -0.3 is 10.1 Å². The van der Waals surface area contributed by atoms with E-state index in [4.69, 9.17) is 4.74 Å². The highest BCUT2D eigenvalue weighted by atomic mass is 16.6. The number of anilines is 1. The smallest absolute Gasteiger partial charge is 0.333 e. The van der Waals surface area contributed by atoms with Gasteiger partial charge in [-0.3, -0.25) is 10.1 Å². The molecule has 17 heavy (non-hydrogen) atoms. The zero-order chi connectivity index (χ0) is 12.7. The lowest BCUT2D eigenvalue weighted by atomic mass is 10.2. The standard InChI is InChI=1S/C12H16N2O3/c1-3-5-9-17-11-8-6-7-10(13-4-2)12(11)14(15)16/h3,6-8,13H,1,4-5,9H2,2H3. The molecule has 0 unspecified atom stereocenters. The van der Waals surface area contributed by atoms with Crippen molar-refractivity contribution in [1.82, 2.24) is 0 Å². The minimum Gasteiger partial charge on any atom is -0.486 e. The molecule has 0 aromatic heterocycles. The van der Waals surface area contributed by atoms with Gasteiger partial charge in [0.2, 0.25) is 0 Å². The Bertz CT molecular complexity index is 405. The molecule has 0 aliphatic heterocycles. The number of ether oxygens (including phenoxy) is 1. The van der Waals surface area contributed by atoms with Crippen LogP contribution in [0.25, 0.3) is 0 Å². The molecule has 0 fully saturated rings. The molecule has 1 aromatic rings. The number of hydrogen-bond donors (Lipinski definition) is 1. The molecule has 0 heterocycles. The number of nitro benzene ring substituents is 1. The molecule has 92 valence electrons. The van der Waals surface area contributed by atoms with E-state index in [2.05, 4.69) is 11.9 Å². The Morgan fingerprint density at radius 3 is 2.94 bits per heavy atom. The first-order chi connectivity index (χ1) is 8.20. The molecule has 0 spiro atoms. The number of rotatable bonds is 7. The molecular formula is C12H16N2O3. The van der Waals surface area contributed by atoms with Crippen LogP contribution in [0.15, 0.2) is 30.9 Å². The van der Waals surface area contributed by atoms with Gasteiger partial charge in [0.15, 0.2) is 5.75 Å². The van der Waals surface area contributed by atoms with Crippen molar-refractivity contribution in [3.8, 4) is 5.75 Å². The number of hydrogen-bond acceptors (Lipinski definition) is 4. The molecule has 0 bridgehead atoms. The monoisotopic (exact) mass is 236 g/mol. The second-order valence-electron chi connectivity index (χ2n) is 3.37. The van der Waals surface area contributed by atoms with Crippen LogP contribution in [0, 0.1) is 10.1 Å². The molecule has 0 saturated heterocycles. The number of benzene rings is 1. The molecule has 5 nitrogen and oxygen atoms in total. The van der Waals surface area contributed by atoms with Crippen molar-refractivity contribution < 1.29 is 9.66 Å². The Morgan fingerprint density at radius 1 is 1.59 bits per heavy atom. The normalized spacial score (nSPS) is 9.71. The summed E-state index contributed by atoms with van der Waals surface area (Å²) in [6, 6.07) is 5.00. The third-order valence-electron chi connectivity index (χ3n) is 2.13. The quantitative estimate of drug-likeness (QED) is 0.342. The Balaban J connectivity index is 2.97. The van der Waals surface area contributed by atoms with E-state index in [-0.39, 0.29) is 11.4 Å². The molecule has 0 radical (unpaired) electrons. The fourth-order valence-electron chi connectivity index (χ4n) is 1.41. The predicted octanol–water partition coefficient (Wildman–Crippen LogP) is 2.98. The van der Waals surface area contributed by atoms with Crippen molar-refractivity contribution in [1.29, 1.82) is 0 Å². The number of nitrogens with one attached hydrogen (secondary N) is 1. The summed E-state index contributed by atoms with van der Waals surface area (Å²) in [7, 11) is 0. The third kappa shape index (κ3) is 3.48. The van der Waals surface area contributed by atoms with Crippen LogP contribution >= 0.6 is 0 Å². The van der Waals surface area contributed by atoms with Crippen molar-refractivity contribution in [3.63, 3.8) is 0 Å². The van der Waals surface area contributed by atoms with Crippen molar-refractivity contribution >= 4 is 11.4 Å². The second-order valence-corrected chi connectivity index (χ2v) is 3.37. The van der Waals surface area contributed by atoms with Gasteiger partial charge in [-0.1, -0.05) is 12.1 Å². The fraction of sp³-hybridized carbons (Fsp3) is 0.333. The minimum absolute atomic E-state index is 0.0154. The van der Waals surface area contributed by atoms with Gasteiger partial charge in [-0.05, 0) is 25.5 Å². The van der Waals surface area contributed by atoms with E-state index in [9.17, 15) is 10.1 Å². The summed E-state index contributed by atoms with van der Waals surface area (Å²) in [5.41, 5.74) is 0.465. The molecule has 5 heteroatoms. The fourth-order valence-corrected chi connectivity index (χ4v) is 1.41. The lowest BCUT2D eigenvalue weighted by molar-refractivity contribution is -0.384. The molecule has 0 atom stereocenters. The lowest BCUT2D eigenvalue weighted by Crippen LogP contribution is -2.04.